The predicted octanol–water partition coefficient (Wildman–Crippen LogP) is 2.77. The Morgan fingerprint density at radius 3 is 2.83 bits per heavy atom. The van der Waals surface area contributed by atoms with Crippen molar-refractivity contribution < 1.29 is 13.2 Å². The maximum absolute atomic E-state index is 13.6. The molecule has 2 fully saturated rings. The molecule has 0 spiro atoms. The third kappa shape index (κ3) is 4.40. The molecule has 2 bridgehead atoms. The van der Waals surface area contributed by atoms with E-state index in [0.29, 0.717) is 38.3 Å². The van der Waals surface area contributed by atoms with Gasteiger partial charge in [-0.1, -0.05) is 19.9 Å². The summed E-state index contributed by atoms with van der Waals surface area (Å²) in [5.41, 5.74) is 11.3. The summed E-state index contributed by atoms with van der Waals surface area (Å²) in [5.74, 6) is 1.84. The van der Waals surface area contributed by atoms with Gasteiger partial charge in [0.05, 0.1) is 6.54 Å². The number of aryl methyl sites for hydroxylation is 1. The van der Waals surface area contributed by atoms with Crippen molar-refractivity contribution in [3.8, 4) is 16.9 Å². The van der Waals surface area contributed by atoms with E-state index in [4.69, 9.17) is 15.5 Å². The first kappa shape index (κ1) is 25.7. The van der Waals surface area contributed by atoms with E-state index in [1.54, 1.807) is 22.9 Å². The van der Waals surface area contributed by atoms with E-state index in [9.17, 15) is 8.42 Å². The summed E-state index contributed by atoms with van der Waals surface area (Å²) < 4.78 is 34.9. The van der Waals surface area contributed by atoms with Crippen LogP contribution in [0.25, 0.3) is 11.1 Å². The zero-order chi connectivity index (χ0) is 27.6. The summed E-state index contributed by atoms with van der Waals surface area (Å²) in [6.45, 7) is 7.64. The van der Waals surface area contributed by atoms with E-state index in [0.717, 1.165) is 54.1 Å². The highest BCUT2D eigenvalue weighted by molar-refractivity contribution is 7.89. The Morgan fingerprint density at radius 2 is 2.02 bits per heavy atom. The van der Waals surface area contributed by atoms with Crippen LogP contribution in [0.1, 0.15) is 43.5 Å². The first-order valence-corrected chi connectivity index (χ1v) is 15.5. The maximum Gasteiger partial charge on any atom is 0.247 e. The summed E-state index contributed by atoms with van der Waals surface area (Å²) in [7, 11) is -3.76. The smallest absolute Gasteiger partial charge is 0.247 e. The van der Waals surface area contributed by atoms with Gasteiger partial charge in [-0.3, -0.25) is 0 Å². The summed E-state index contributed by atoms with van der Waals surface area (Å²) >= 11 is 0. The van der Waals surface area contributed by atoms with Crippen molar-refractivity contribution >= 4 is 21.7 Å². The van der Waals surface area contributed by atoms with Crippen LogP contribution in [-0.2, 0) is 29.4 Å². The van der Waals surface area contributed by atoms with Crippen molar-refractivity contribution in [1.29, 1.82) is 0 Å². The van der Waals surface area contributed by atoms with Crippen LogP contribution in [0.2, 0.25) is 0 Å². The third-order valence-corrected chi connectivity index (χ3v) is 10.8. The molecule has 0 amide bonds. The number of ether oxygens (including phenoxy) is 1. The molecular weight excluding hydrogens is 526 g/mol. The van der Waals surface area contributed by atoms with Gasteiger partial charge in [-0.15, -0.1) is 0 Å². The van der Waals surface area contributed by atoms with Crippen LogP contribution in [0, 0.1) is 5.41 Å². The number of nitrogen functional groups attached to an aromatic ring is 1. The van der Waals surface area contributed by atoms with Crippen molar-refractivity contribution in [2.45, 2.75) is 63.1 Å². The van der Waals surface area contributed by atoms with Gasteiger partial charge in [-0.25, -0.2) is 23.4 Å². The highest BCUT2D eigenvalue weighted by Crippen LogP contribution is 2.39. The number of aromatic nitrogens is 3. The molecule has 2 saturated heterocycles. The Hall–Kier alpha value is -3.28. The second-order valence-corrected chi connectivity index (χ2v) is 14.1. The molecule has 210 valence electrons. The van der Waals surface area contributed by atoms with Crippen molar-refractivity contribution in [3.63, 3.8) is 0 Å². The minimum atomic E-state index is -3.76. The van der Waals surface area contributed by atoms with Gasteiger partial charge in [-0.2, -0.15) is 4.31 Å². The largest absolute Gasteiger partial charge is 0.491 e. The minimum absolute atomic E-state index is 0.0280. The number of nitrogens with zero attached hydrogens (tertiary/aromatic N) is 5. The van der Waals surface area contributed by atoms with Crippen LogP contribution in [-0.4, -0.2) is 66.0 Å². The molecule has 3 aliphatic heterocycles. The zero-order valence-corrected chi connectivity index (χ0v) is 23.7. The fraction of sp³-hybridized carbons (Fsp3) is 0.483. The van der Waals surface area contributed by atoms with E-state index < -0.39 is 10.0 Å². The minimum Gasteiger partial charge on any atom is -0.491 e. The Balaban J connectivity index is 1.21. The predicted molar refractivity (Wildman–Crippen MR) is 153 cm³/mol. The number of sulfonamides is 1. The van der Waals surface area contributed by atoms with E-state index >= 15 is 0 Å². The molecule has 1 unspecified atom stereocenters. The van der Waals surface area contributed by atoms with Crippen molar-refractivity contribution in [1.82, 2.24) is 24.6 Å². The van der Waals surface area contributed by atoms with Crippen LogP contribution in [0.15, 0.2) is 41.7 Å². The molecule has 3 aromatic rings. The molecule has 2 aromatic heterocycles. The fourth-order valence-electron chi connectivity index (χ4n) is 6.65. The quantitative estimate of drug-likeness (QED) is 0.494. The summed E-state index contributed by atoms with van der Waals surface area (Å²) in [5, 5.41) is 3.35. The number of nitrogens with one attached hydrogen (secondary N) is 1. The van der Waals surface area contributed by atoms with E-state index in [1.165, 1.54) is 5.56 Å². The average molecular weight is 562 g/mol. The highest BCUT2D eigenvalue weighted by Gasteiger charge is 2.45. The third-order valence-electron chi connectivity index (χ3n) is 8.85. The lowest BCUT2D eigenvalue weighted by Crippen LogP contribution is -2.46. The van der Waals surface area contributed by atoms with Gasteiger partial charge in [0.15, 0.2) is 0 Å². The van der Waals surface area contributed by atoms with Gasteiger partial charge < -0.3 is 20.7 Å². The molecule has 5 heterocycles. The number of benzene rings is 1. The number of rotatable bonds is 4. The molecule has 10 nitrogen and oxygen atoms in total. The van der Waals surface area contributed by atoms with Crippen molar-refractivity contribution in [2.75, 3.05) is 36.9 Å². The van der Waals surface area contributed by atoms with Crippen LogP contribution in [0.3, 0.4) is 0 Å². The Morgan fingerprint density at radius 1 is 1.15 bits per heavy atom. The first-order chi connectivity index (χ1) is 19.2. The lowest BCUT2D eigenvalue weighted by atomic mass is 9.76. The monoisotopic (exact) mass is 561 g/mol. The molecular formula is C29H35N7O3S. The number of hydrogen-bond donors (Lipinski definition) is 2. The van der Waals surface area contributed by atoms with Crippen molar-refractivity contribution in [2.24, 2.45) is 5.41 Å². The maximum atomic E-state index is 13.6. The van der Waals surface area contributed by atoms with E-state index in [1.807, 2.05) is 12.1 Å². The lowest BCUT2D eigenvalue weighted by molar-refractivity contribution is 0.310. The second kappa shape index (κ2) is 9.39. The molecule has 2 atom stereocenters. The number of piperazine rings is 1. The molecule has 40 heavy (non-hydrogen) atoms. The standard InChI is InChI=1S/C29H35N7O3S/c1-29(2)6-5-24-23(12-29)28(34-17-33-24)35-7-8-39-25-4-3-18(9-20(25)15-35)19-10-26(27(30)32-13-19)40(37,38)36-16-21-11-22(36)14-31-21/h3-4,9-10,13,17,21-22,31H,5-8,11-12,14-16H2,1-2H3,(H2,30,32)/t21-,22?/m1/s1. The van der Waals surface area contributed by atoms with Gasteiger partial charge in [0.25, 0.3) is 0 Å². The molecule has 1 aliphatic carbocycles. The van der Waals surface area contributed by atoms with Gasteiger partial charge in [0, 0.05) is 60.3 Å². The second-order valence-electron chi connectivity index (χ2n) is 12.2. The van der Waals surface area contributed by atoms with Crippen LogP contribution in [0.5, 0.6) is 5.75 Å². The highest BCUT2D eigenvalue weighted by atomic mass is 32.2. The number of hydrogen-bond acceptors (Lipinski definition) is 9. The van der Waals surface area contributed by atoms with Gasteiger partial charge in [-0.05, 0) is 54.9 Å². The molecule has 11 heteroatoms. The van der Waals surface area contributed by atoms with Gasteiger partial charge >= 0.3 is 0 Å². The first-order valence-electron chi connectivity index (χ1n) is 14.0. The Labute approximate surface area is 235 Å². The Bertz CT molecular complexity index is 1590. The van der Waals surface area contributed by atoms with Gasteiger partial charge in [0.2, 0.25) is 10.0 Å². The molecule has 4 aliphatic rings. The number of anilines is 2. The number of nitrogens with two attached hydrogens (primary N) is 1. The topological polar surface area (TPSA) is 127 Å². The van der Waals surface area contributed by atoms with Gasteiger partial charge in [0.1, 0.15) is 35.2 Å². The summed E-state index contributed by atoms with van der Waals surface area (Å²) in [6, 6.07) is 7.81. The lowest BCUT2D eigenvalue weighted by Gasteiger charge is -2.33. The zero-order valence-electron chi connectivity index (χ0n) is 22.9. The van der Waals surface area contributed by atoms with E-state index in [-0.39, 0.29) is 28.2 Å². The van der Waals surface area contributed by atoms with Crippen molar-refractivity contribution in [3.05, 3.63) is 53.6 Å². The fourth-order valence-corrected chi connectivity index (χ4v) is 8.42. The van der Waals surface area contributed by atoms with Crippen LogP contribution < -0.4 is 20.7 Å². The summed E-state index contributed by atoms with van der Waals surface area (Å²) in [6.07, 6.45) is 7.20. The number of pyridine rings is 1. The molecule has 0 radical (unpaired) electrons. The van der Waals surface area contributed by atoms with Crippen LogP contribution in [0.4, 0.5) is 11.6 Å². The molecule has 3 N–H and O–H groups in total. The molecule has 7 rings (SSSR count). The summed E-state index contributed by atoms with van der Waals surface area (Å²) in [4.78, 5) is 16.0. The number of fused-ring (bicyclic) bond motifs is 4. The van der Waals surface area contributed by atoms with E-state index in [2.05, 4.69) is 40.1 Å². The average Bonchev–Trinajstić information content (AvgIpc) is 3.51. The normalized spacial score (nSPS) is 23.8. The Kier molecular flexibility index (Phi) is 6.03. The SMILES string of the molecule is CC1(C)CCc2ncnc(N3CCOc4ccc(-c5cnc(N)c(S(=O)(=O)N6C[C@H]7CC6CN7)c5)cc4C3)c2C1. The molecule has 0 saturated carbocycles. The van der Waals surface area contributed by atoms with Crippen LogP contribution >= 0.6 is 0 Å². The molecule has 1 aromatic carbocycles.